The van der Waals surface area contributed by atoms with Crippen LogP contribution in [0.4, 0.5) is 0 Å². The molecule has 0 radical (unpaired) electrons. The molecule has 0 aliphatic heterocycles. The molecule has 46 valence electrons. The Morgan fingerprint density at radius 3 is 2.38 bits per heavy atom. The predicted molar refractivity (Wildman–Crippen MR) is 36.3 cm³/mol. The molecule has 0 amide bonds. The van der Waals surface area contributed by atoms with Crippen LogP contribution >= 0.6 is 11.6 Å². The van der Waals surface area contributed by atoms with E-state index in [0.29, 0.717) is 5.50 Å². The Hall–Kier alpha value is -0.113. The van der Waals surface area contributed by atoms with Gasteiger partial charge in [-0.1, -0.05) is 0 Å². The number of halogens is 1. The zero-order valence-electron chi connectivity index (χ0n) is 4.94. The summed E-state index contributed by atoms with van der Waals surface area (Å²) in [5.74, 6) is 0. The highest BCUT2D eigenvalue weighted by molar-refractivity contribution is 6.82. The molecule has 0 aromatic rings. The van der Waals surface area contributed by atoms with Gasteiger partial charge >= 0.3 is 0 Å². The molecule has 0 aliphatic carbocycles. The lowest BCUT2D eigenvalue weighted by Crippen LogP contribution is -2.25. The van der Waals surface area contributed by atoms with Crippen LogP contribution in [0.15, 0.2) is 4.66 Å². The summed E-state index contributed by atoms with van der Waals surface area (Å²) in [6.45, 7) is 3.82. The second kappa shape index (κ2) is 3.02. The van der Waals surface area contributed by atoms with Gasteiger partial charge in [0.05, 0.1) is 0 Å². The first kappa shape index (κ1) is 7.89. The fourth-order valence-electron chi connectivity index (χ4n) is 0.153. The van der Waals surface area contributed by atoms with Gasteiger partial charge in [0, 0.05) is 5.50 Å². The van der Waals surface area contributed by atoms with E-state index in [1.54, 1.807) is 0 Å². The molecule has 0 rings (SSSR count). The third-order valence-electron chi connectivity index (χ3n) is 0.675. The zero-order valence-corrected chi connectivity index (χ0v) is 6.70. The summed E-state index contributed by atoms with van der Waals surface area (Å²) in [6.07, 6.45) is 1.51. The van der Waals surface area contributed by atoms with Gasteiger partial charge in [0.2, 0.25) is 14.3 Å². The minimum absolute atomic E-state index is 0.488. The van der Waals surface area contributed by atoms with Crippen LogP contribution in [0.5, 0.6) is 0 Å². The molecule has 0 bridgehead atoms. The second-order valence-electron chi connectivity index (χ2n) is 2.15. The van der Waals surface area contributed by atoms with E-state index in [2.05, 4.69) is 4.66 Å². The Morgan fingerprint density at radius 1 is 1.75 bits per heavy atom. The van der Waals surface area contributed by atoms with Crippen molar-refractivity contribution in [2.75, 3.05) is 5.50 Å². The van der Waals surface area contributed by atoms with Crippen LogP contribution < -0.4 is 0 Å². The van der Waals surface area contributed by atoms with Gasteiger partial charge in [0.15, 0.2) is 0 Å². The number of nitrogens with zero attached hydrogens (tertiary/aromatic N) is 1. The van der Waals surface area contributed by atoms with Crippen LogP contribution in [-0.2, 0) is 4.79 Å². The summed E-state index contributed by atoms with van der Waals surface area (Å²) >= 11 is 5.46. The van der Waals surface area contributed by atoms with Crippen molar-refractivity contribution in [3.63, 3.8) is 0 Å². The van der Waals surface area contributed by atoms with Crippen molar-refractivity contribution in [3.8, 4) is 0 Å². The molecular weight excluding hydrogens is 142 g/mol. The van der Waals surface area contributed by atoms with Crippen molar-refractivity contribution in [1.82, 2.24) is 0 Å². The summed E-state index contributed by atoms with van der Waals surface area (Å²) in [5.41, 5.74) is 0.488. The summed E-state index contributed by atoms with van der Waals surface area (Å²) in [6, 6.07) is 0. The smallest absolute Gasteiger partial charge is 0.224 e. The molecule has 0 spiro atoms. The average Bonchev–Trinajstić information content (AvgIpc) is 1.67. The first-order chi connectivity index (χ1) is 3.62. The average molecular weight is 150 g/mol. The number of alkyl halides is 1. The SMILES string of the molecule is C[Si](C)(CCl)N=C=O. The maximum Gasteiger partial charge on any atom is 0.224 e. The topological polar surface area (TPSA) is 29.4 Å². The van der Waals surface area contributed by atoms with Crippen LogP contribution in [0.25, 0.3) is 0 Å². The molecule has 0 atom stereocenters. The fourth-order valence-corrected chi connectivity index (χ4v) is 0.640. The van der Waals surface area contributed by atoms with E-state index in [1.807, 2.05) is 13.1 Å². The molecule has 4 heteroatoms. The highest BCUT2D eigenvalue weighted by Gasteiger charge is 2.17. The maximum absolute atomic E-state index is 9.66. The Kier molecular flexibility index (Phi) is 2.98. The first-order valence-electron chi connectivity index (χ1n) is 2.27. The molecule has 0 N–H and O–H groups in total. The second-order valence-corrected chi connectivity index (χ2v) is 7.07. The molecule has 0 fully saturated rings. The predicted octanol–water partition coefficient (Wildman–Crippen LogP) is 1.31. The van der Waals surface area contributed by atoms with Crippen molar-refractivity contribution in [2.45, 2.75) is 13.1 Å². The molecule has 0 saturated heterocycles. The first-order valence-corrected chi connectivity index (χ1v) is 5.96. The van der Waals surface area contributed by atoms with Crippen molar-refractivity contribution in [1.29, 1.82) is 0 Å². The van der Waals surface area contributed by atoms with E-state index in [0.717, 1.165) is 0 Å². The van der Waals surface area contributed by atoms with Gasteiger partial charge in [-0.15, -0.1) is 11.6 Å². The van der Waals surface area contributed by atoms with Crippen molar-refractivity contribution < 1.29 is 4.79 Å². The van der Waals surface area contributed by atoms with Gasteiger partial charge in [0.1, 0.15) is 0 Å². The van der Waals surface area contributed by atoms with Gasteiger partial charge < -0.3 is 0 Å². The molecule has 0 heterocycles. The van der Waals surface area contributed by atoms with E-state index < -0.39 is 8.24 Å². The Bertz CT molecular complexity index is 119. The summed E-state index contributed by atoms with van der Waals surface area (Å²) < 4.78 is 3.58. The Labute approximate surface area is 54.7 Å². The summed E-state index contributed by atoms with van der Waals surface area (Å²) in [5, 5.41) is 0. The van der Waals surface area contributed by atoms with Gasteiger partial charge in [-0.05, 0) is 13.1 Å². The Morgan fingerprint density at radius 2 is 2.25 bits per heavy atom. The molecule has 0 aromatic heterocycles. The third-order valence-corrected chi connectivity index (χ3v) is 3.99. The van der Waals surface area contributed by atoms with Gasteiger partial charge in [0.25, 0.3) is 0 Å². The number of rotatable bonds is 2. The molecule has 2 nitrogen and oxygen atoms in total. The lowest BCUT2D eigenvalue weighted by molar-refractivity contribution is 0.566. The van der Waals surface area contributed by atoms with E-state index in [1.165, 1.54) is 6.08 Å². The van der Waals surface area contributed by atoms with Crippen LogP contribution in [0, 0.1) is 0 Å². The molecule has 0 saturated carbocycles. The van der Waals surface area contributed by atoms with Gasteiger partial charge in [-0.2, -0.15) is 0 Å². The fraction of sp³-hybridized carbons (Fsp3) is 0.750. The molecule has 0 unspecified atom stereocenters. The molecular formula is C4H8ClNOSi. The van der Waals surface area contributed by atoms with Crippen LogP contribution in [-0.4, -0.2) is 19.8 Å². The standard InChI is InChI=1S/C4H8ClNOSi/c1-8(2,3-5)6-4-7/h3H2,1-2H3. The van der Waals surface area contributed by atoms with Crippen LogP contribution in [0.3, 0.4) is 0 Å². The van der Waals surface area contributed by atoms with Crippen molar-refractivity contribution in [3.05, 3.63) is 0 Å². The summed E-state index contributed by atoms with van der Waals surface area (Å²) in [4.78, 5) is 9.66. The molecule has 0 aromatic carbocycles. The van der Waals surface area contributed by atoms with E-state index >= 15 is 0 Å². The largest absolute Gasteiger partial charge is 0.247 e. The molecule has 8 heavy (non-hydrogen) atoms. The Balaban J connectivity index is 3.90. The normalized spacial score (nSPS) is 10.4. The highest BCUT2D eigenvalue weighted by atomic mass is 35.5. The van der Waals surface area contributed by atoms with E-state index in [4.69, 9.17) is 11.6 Å². The number of isocyanates is 1. The number of hydrogen-bond acceptors (Lipinski definition) is 2. The van der Waals surface area contributed by atoms with Crippen molar-refractivity contribution >= 4 is 25.9 Å². The van der Waals surface area contributed by atoms with Gasteiger partial charge in [-0.3, -0.25) is 0 Å². The quantitative estimate of drug-likeness (QED) is 0.252. The zero-order chi connectivity index (χ0) is 6.62. The van der Waals surface area contributed by atoms with Crippen LogP contribution in [0.2, 0.25) is 13.1 Å². The van der Waals surface area contributed by atoms with Gasteiger partial charge in [-0.25, -0.2) is 9.45 Å². The van der Waals surface area contributed by atoms with E-state index in [9.17, 15) is 4.79 Å². The number of hydrogen-bond donors (Lipinski definition) is 0. The minimum atomic E-state index is -1.71. The van der Waals surface area contributed by atoms with E-state index in [-0.39, 0.29) is 0 Å². The monoisotopic (exact) mass is 149 g/mol. The lowest BCUT2D eigenvalue weighted by Gasteiger charge is -2.06. The highest BCUT2D eigenvalue weighted by Crippen LogP contribution is 2.03. The van der Waals surface area contributed by atoms with Crippen LogP contribution in [0.1, 0.15) is 0 Å². The lowest BCUT2D eigenvalue weighted by atomic mass is 11.7. The molecule has 0 aliphatic rings. The van der Waals surface area contributed by atoms with Crippen molar-refractivity contribution in [2.24, 2.45) is 4.66 Å². The minimum Gasteiger partial charge on any atom is -0.247 e. The summed E-state index contributed by atoms with van der Waals surface area (Å²) in [7, 11) is -1.71. The third kappa shape index (κ3) is 2.96. The maximum atomic E-state index is 9.66. The number of carbonyl (C=O) groups excluding carboxylic acids is 1.